The topological polar surface area (TPSA) is 49.7 Å². The van der Waals surface area contributed by atoms with Gasteiger partial charge in [-0.05, 0) is 31.4 Å². The van der Waals surface area contributed by atoms with E-state index in [-0.39, 0.29) is 17.6 Å². The smallest absolute Gasteiger partial charge is 0.125 e. The molecule has 0 fully saturated rings. The van der Waals surface area contributed by atoms with Gasteiger partial charge in [-0.2, -0.15) is 0 Å². The summed E-state index contributed by atoms with van der Waals surface area (Å²) < 4.78 is 5.44. The molecule has 2 rings (SSSR count). The molecule has 76 valence electrons. The molecule has 0 amide bonds. The molecule has 1 aromatic rings. The number of benzene rings is 1. The van der Waals surface area contributed by atoms with Crippen molar-refractivity contribution in [1.82, 2.24) is 0 Å². The van der Waals surface area contributed by atoms with Crippen LogP contribution >= 0.6 is 0 Å². The lowest BCUT2D eigenvalue weighted by Crippen LogP contribution is -2.20. The molecule has 3 heteroatoms. The summed E-state index contributed by atoms with van der Waals surface area (Å²) in [4.78, 5) is 0. The third kappa shape index (κ3) is 1.34. The van der Waals surface area contributed by atoms with Crippen LogP contribution in [0.1, 0.15) is 23.6 Å². The molecule has 2 N–H and O–H groups in total. The molecule has 0 saturated carbocycles. The zero-order chi connectivity index (χ0) is 10.3. The lowest BCUT2D eigenvalue weighted by molar-refractivity contribution is 0.0393. The average molecular weight is 194 g/mol. The highest BCUT2D eigenvalue weighted by molar-refractivity contribution is 5.51. The molecule has 0 saturated heterocycles. The van der Waals surface area contributed by atoms with E-state index in [4.69, 9.17) is 4.74 Å². The van der Waals surface area contributed by atoms with Crippen LogP contribution in [0.4, 0.5) is 0 Å². The molecule has 0 aliphatic carbocycles. The molecule has 0 aromatic heterocycles. The molecule has 1 aliphatic heterocycles. The zero-order valence-corrected chi connectivity index (χ0v) is 8.37. The van der Waals surface area contributed by atoms with Crippen molar-refractivity contribution in [2.45, 2.75) is 33.0 Å². The largest absolute Gasteiger partial charge is 0.508 e. The number of aromatic hydroxyl groups is 2. The van der Waals surface area contributed by atoms with Crippen molar-refractivity contribution in [1.29, 1.82) is 0 Å². The molecule has 0 spiro atoms. The molecule has 0 unspecified atom stereocenters. The summed E-state index contributed by atoms with van der Waals surface area (Å²) in [5.41, 5.74) is 2.70. The van der Waals surface area contributed by atoms with Crippen LogP contribution in [-0.2, 0) is 17.8 Å². The second-order valence-electron chi connectivity index (χ2n) is 3.82. The Morgan fingerprint density at radius 3 is 2.71 bits per heavy atom. The molecule has 0 bridgehead atoms. The lowest BCUT2D eigenvalue weighted by atomic mass is 9.94. The quantitative estimate of drug-likeness (QED) is 0.662. The van der Waals surface area contributed by atoms with E-state index in [9.17, 15) is 10.2 Å². The first kappa shape index (κ1) is 9.34. The van der Waals surface area contributed by atoms with Crippen molar-refractivity contribution >= 4 is 0 Å². The third-order valence-electron chi connectivity index (χ3n) is 2.79. The maximum atomic E-state index is 9.61. The summed E-state index contributed by atoms with van der Waals surface area (Å²) in [5.74, 6) is 0.297. The van der Waals surface area contributed by atoms with Crippen molar-refractivity contribution < 1.29 is 14.9 Å². The highest BCUT2D eigenvalue weighted by Gasteiger charge is 2.21. The van der Waals surface area contributed by atoms with Gasteiger partial charge in [0.1, 0.15) is 11.5 Å². The van der Waals surface area contributed by atoms with Gasteiger partial charge in [-0.15, -0.1) is 0 Å². The van der Waals surface area contributed by atoms with Crippen LogP contribution in [0, 0.1) is 6.92 Å². The Labute approximate surface area is 83.0 Å². The third-order valence-corrected chi connectivity index (χ3v) is 2.79. The average Bonchev–Trinajstić information content (AvgIpc) is 2.14. The van der Waals surface area contributed by atoms with Crippen LogP contribution in [-0.4, -0.2) is 16.3 Å². The van der Waals surface area contributed by atoms with Crippen LogP contribution < -0.4 is 0 Å². The number of phenolic OH excluding ortho intramolecular Hbond substituents is 2. The Morgan fingerprint density at radius 1 is 1.29 bits per heavy atom. The molecule has 0 radical (unpaired) electrons. The van der Waals surface area contributed by atoms with Crippen molar-refractivity contribution in [2.75, 3.05) is 0 Å². The number of rotatable bonds is 0. The maximum absolute atomic E-state index is 9.61. The summed E-state index contributed by atoms with van der Waals surface area (Å²) in [6.45, 7) is 4.29. The van der Waals surface area contributed by atoms with Gasteiger partial charge in [0, 0.05) is 11.6 Å². The number of ether oxygens (including phenoxy) is 1. The summed E-state index contributed by atoms with van der Waals surface area (Å²) >= 11 is 0. The van der Waals surface area contributed by atoms with E-state index in [0.29, 0.717) is 6.61 Å². The van der Waals surface area contributed by atoms with E-state index < -0.39 is 0 Å². The SMILES string of the molecule is Cc1c(O)cc(O)c2c1C[C@@H](C)OC2. The van der Waals surface area contributed by atoms with Gasteiger partial charge in [0.05, 0.1) is 12.7 Å². The minimum Gasteiger partial charge on any atom is -0.508 e. The van der Waals surface area contributed by atoms with Crippen molar-refractivity contribution in [3.05, 3.63) is 22.8 Å². The standard InChI is InChI=1S/C11H14O3/c1-6-3-8-7(2)10(12)4-11(13)9(8)5-14-6/h4,6,12-13H,3,5H2,1-2H3/t6-/m1/s1. The van der Waals surface area contributed by atoms with Crippen molar-refractivity contribution in [3.63, 3.8) is 0 Å². The molecule has 1 atom stereocenters. The Hall–Kier alpha value is -1.22. The number of fused-ring (bicyclic) bond motifs is 1. The van der Waals surface area contributed by atoms with E-state index in [1.54, 1.807) is 0 Å². The summed E-state index contributed by atoms with van der Waals surface area (Å²) in [7, 11) is 0. The van der Waals surface area contributed by atoms with Crippen LogP contribution in [0.3, 0.4) is 0 Å². The maximum Gasteiger partial charge on any atom is 0.125 e. The van der Waals surface area contributed by atoms with Gasteiger partial charge >= 0.3 is 0 Å². The minimum absolute atomic E-state index is 0.134. The summed E-state index contributed by atoms with van der Waals surface area (Å²) in [6.07, 6.45) is 0.908. The number of phenols is 2. The first-order valence-electron chi connectivity index (χ1n) is 4.74. The summed E-state index contributed by atoms with van der Waals surface area (Å²) in [5, 5.41) is 19.1. The van der Waals surface area contributed by atoms with Gasteiger partial charge in [0.15, 0.2) is 0 Å². The van der Waals surface area contributed by atoms with E-state index in [1.807, 2.05) is 13.8 Å². The lowest BCUT2D eigenvalue weighted by Gasteiger charge is -2.25. The Morgan fingerprint density at radius 2 is 2.00 bits per heavy atom. The van der Waals surface area contributed by atoms with E-state index in [1.165, 1.54) is 6.07 Å². The van der Waals surface area contributed by atoms with Gasteiger partial charge in [-0.1, -0.05) is 0 Å². The summed E-state index contributed by atoms with van der Waals surface area (Å²) in [6, 6.07) is 1.38. The fourth-order valence-electron chi connectivity index (χ4n) is 1.87. The second-order valence-corrected chi connectivity index (χ2v) is 3.82. The monoisotopic (exact) mass is 194 g/mol. The van der Waals surface area contributed by atoms with Crippen molar-refractivity contribution in [2.24, 2.45) is 0 Å². The normalized spacial score (nSPS) is 20.6. The van der Waals surface area contributed by atoms with Gasteiger partial charge in [0.25, 0.3) is 0 Å². The second kappa shape index (κ2) is 3.17. The van der Waals surface area contributed by atoms with Crippen LogP contribution in [0.15, 0.2) is 6.07 Å². The Kier molecular flexibility index (Phi) is 2.11. The molecule has 14 heavy (non-hydrogen) atoms. The molecule has 1 aliphatic rings. The fourth-order valence-corrected chi connectivity index (χ4v) is 1.87. The van der Waals surface area contributed by atoms with Gasteiger partial charge in [-0.3, -0.25) is 0 Å². The molecular weight excluding hydrogens is 180 g/mol. The van der Waals surface area contributed by atoms with Crippen LogP contribution in [0.2, 0.25) is 0 Å². The number of hydrogen-bond acceptors (Lipinski definition) is 3. The van der Waals surface area contributed by atoms with E-state index in [0.717, 1.165) is 23.1 Å². The Balaban J connectivity index is 2.57. The fraction of sp³-hybridized carbons (Fsp3) is 0.455. The minimum atomic E-state index is 0.134. The Bertz CT molecular complexity index is 371. The zero-order valence-electron chi connectivity index (χ0n) is 8.37. The molecule has 1 aromatic carbocycles. The first-order valence-corrected chi connectivity index (χ1v) is 4.74. The van der Waals surface area contributed by atoms with Gasteiger partial charge in [-0.25, -0.2) is 0 Å². The first-order chi connectivity index (χ1) is 6.59. The highest BCUT2D eigenvalue weighted by Crippen LogP contribution is 2.35. The highest BCUT2D eigenvalue weighted by atomic mass is 16.5. The van der Waals surface area contributed by atoms with Crippen LogP contribution in [0.25, 0.3) is 0 Å². The van der Waals surface area contributed by atoms with Gasteiger partial charge in [0.2, 0.25) is 0 Å². The number of hydrogen-bond donors (Lipinski definition) is 2. The molecular formula is C11H14O3. The van der Waals surface area contributed by atoms with Crippen LogP contribution in [0.5, 0.6) is 11.5 Å². The predicted molar refractivity (Wildman–Crippen MR) is 52.5 cm³/mol. The predicted octanol–water partition coefficient (Wildman–Crippen LogP) is 1.87. The van der Waals surface area contributed by atoms with E-state index >= 15 is 0 Å². The molecule has 3 nitrogen and oxygen atoms in total. The van der Waals surface area contributed by atoms with Crippen molar-refractivity contribution in [3.8, 4) is 11.5 Å². The van der Waals surface area contributed by atoms with E-state index in [2.05, 4.69) is 0 Å². The van der Waals surface area contributed by atoms with Gasteiger partial charge < -0.3 is 14.9 Å². The molecule has 1 heterocycles.